The summed E-state index contributed by atoms with van der Waals surface area (Å²) in [6.07, 6.45) is 0. The summed E-state index contributed by atoms with van der Waals surface area (Å²) in [6, 6.07) is 20.9. The van der Waals surface area contributed by atoms with Gasteiger partial charge in [-0.05, 0) is 42.0 Å². The number of hydrazine groups is 1. The lowest BCUT2D eigenvalue weighted by Gasteiger charge is -2.11. The van der Waals surface area contributed by atoms with E-state index in [1.807, 2.05) is 48.5 Å². The van der Waals surface area contributed by atoms with Crippen LogP contribution < -0.4 is 15.6 Å². The minimum Gasteiger partial charge on any atom is -0.489 e. The second-order valence-corrected chi connectivity index (χ2v) is 5.48. The molecule has 0 saturated carbocycles. The molecule has 3 aromatic carbocycles. The minimum absolute atomic E-state index is 0.0724. The van der Waals surface area contributed by atoms with E-state index in [1.165, 1.54) is 18.2 Å². The van der Waals surface area contributed by atoms with E-state index in [1.54, 1.807) is 6.07 Å². The largest absolute Gasteiger partial charge is 0.489 e. The number of rotatable bonds is 7. The van der Waals surface area contributed by atoms with Gasteiger partial charge >= 0.3 is 0 Å². The van der Waals surface area contributed by atoms with Gasteiger partial charge in [0.1, 0.15) is 24.0 Å². The molecule has 5 heteroatoms. The minimum atomic E-state index is -0.607. The molecule has 25 heavy (non-hydrogen) atoms. The number of ether oxygens (including phenoxy) is 1. The van der Waals surface area contributed by atoms with Gasteiger partial charge in [0, 0.05) is 12.2 Å². The molecule has 3 rings (SSSR count). The summed E-state index contributed by atoms with van der Waals surface area (Å²) >= 11 is 0. The van der Waals surface area contributed by atoms with E-state index >= 15 is 0 Å². The molecule has 0 unspecified atom stereocenters. The maximum atomic E-state index is 13.6. The van der Waals surface area contributed by atoms with E-state index in [-0.39, 0.29) is 12.2 Å². The quantitative estimate of drug-likeness (QED) is 0.614. The molecule has 0 radical (unpaired) electrons. The molecule has 0 atom stereocenters. The monoisotopic (exact) mass is 340 g/mol. The third-order valence-corrected chi connectivity index (χ3v) is 3.64. The predicted octanol–water partition coefficient (Wildman–Crippen LogP) is 4.66. The summed E-state index contributed by atoms with van der Waals surface area (Å²) in [5.41, 5.74) is 8.08. The van der Waals surface area contributed by atoms with E-state index in [0.717, 1.165) is 11.3 Å². The van der Waals surface area contributed by atoms with Crippen LogP contribution in [0.5, 0.6) is 5.75 Å². The zero-order valence-corrected chi connectivity index (χ0v) is 13.5. The molecule has 2 N–H and O–H groups in total. The highest BCUT2D eigenvalue weighted by atomic mass is 19.1. The van der Waals surface area contributed by atoms with Crippen molar-refractivity contribution in [2.75, 3.05) is 5.43 Å². The number of hydrogen-bond donors (Lipinski definition) is 2. The third kappa shape index (κ3) is 4.78. The summed E-state index contributed by atoms with van der Waals surface area (Å²) in [4.78, 5) is 0. The first-order chi connectivity index (χ1) is 12.2. The molecule has 0 saturated heterocycles. The van der Waals surface area contributed by atoms with Crippen LogP contribution in [-0.4, -0.2) is 0 Å². The number of nitrogens with one attached hydrogen (secondary N) is 2. The van der Waals surface area contributed by atoms with E-state index in [4.69, 9.17) is 4.74 Å². The van der Waals surface area contributed by atoms with Crippen molar-refractivity contribution >= 4 is 5.69 Å². The van der Waals surface area contributed by atoms with Gasteiger partial charge in [0.05, 0.1) is 5.56 Å². The Labute approximate surface area is 145 Å². The van der Waals surface area contributed by atoms with Crippen molar-refractivity contribution in [2.45, 2.75) is 13.2 Å². The standard InChI is InChI=1S/C20H18F2N2O/c21-19-10-5-11-20(22)18(19)14-25-17-9-4-6-15(12-17)13-23-24-16-7-2-1-3-8-16/h1-12,23-24H,13-14H2. The van der Waals surface area contributed by atoms with Crippen molar-refractivity contribution in [3.8, 4) is 5.75 Å². The van der Waals surface area contributed by atoms with Gasteiger partial charge in [-0.15, -0.1) is 0 Å². The Bertz CT molecular complexity index is 805. The second kappa shape index (κ2) is 8.26. The normalized spacial score (nSPS) is 10.5. The lowest BCUT2D eigenvalue weighted by molar-refractivity contribution is 0.292. The van der Waals surface area contributed by atoms with Crippen LogP contribution in [-0.2, 0) is 13.2 Å². The van der Waals surface area contributed by atoms with Gasteiger partial charge in [-0.1, -0.05) is 36.4 Å². The maximum absolute atomic E-state index is 13.6. The van der Waals surface area contributed by atoms with Crippen LogP contribution >= 0.6 is 0 Å². The second-order valence-electron chi connectivity index (χ2n) is 5.48. The van der Waals surface area contributed by atoms with E-state index in [0.29, 0.717) is 12.3 Å². The third-order valence-electron chi connectivity index (χ3n) is 3.64. The first-order valence-corrected chi connectivity index (χ1v) is 7.91. The van der Waals surface area contributed by atoms with Crippen LogP contribution in [0.1, 0.15) is 11.1 Å². The molecule has 3 aromatic rings. The zero-order valence-electron chi connectivity index (χ0n) is 13.5. The fourth-order valence-corrected chi connectivity index (χ4v) is 2.34. The molecule has 0 spiro atoms. The molecule has 0 aliphatic rings. The van der Waals surface area contributed by atoms with Gasteiger partial charge in [0.25, 0.3) is 0 Å². The van der Waals surface area contributed by atoms with Crippen LogP contribution in [0.15, 0.2) is 72.8 Å². The van der Waals surface area contributed by atoms with Crippen LogP contribution in [0.25, 0.3) is 0 Å². The highest BCUT2D eigenvalue weighted by Gasteiger charge is 2.09. The fourth-order valence-electron chi connectivity index (χ4n) is 2.34. The zero-order chi connectivity index (χ0) is 17.5. The van der Waals surface area contributed by atoms with Gasteiger partial charge in [0.15, 0.2) is 0 Å². The molecule has 0 bridgehead atoms. The Hall–Kier alpha value is -2.92. The van der Waals surface area contributed by atoms with Gasteiger partial charge in [-0.25, -0.2) is 14.2 Å². The van der Waals surface area contributed by atoms with Gasteiger partial charge in [-0.3, -0.25) is 0 Å². The number of anilines is 1. The van der Waals surface area contributed by atoms with Crippen LogP contribution in [0.2, 0.25) is 0 Å². The Morgan fingerprint density at radius 3 is 2.28 bits per heavy atom. The van der Waals surface area contributed by atoms with E-state index < -0.39 is 11.6 Å². The molecular weight excluding hydrogens is 322 g/mol. The fraction of sp³-hybridized carbons (Fsp3) is 0.100. The van der Waals surface area contributed by atoms with Gasteiger partial charge in [-0.2, -0.15) is 0 Å². The summed E-state index contributed by atoms with van der Waals surface area (Å²) in [5, 5.41) is 0. The number of para-hydroxylation sites is 1. The number of halogens is 2. The van der Waals surface area contributed by atoms with Crippen molar-refractivity contribution in [1.82, 2.24) is 5.43 Å². The molecule has 128 valence electrons. The average molecular weight is 340 g/mol. The van der Waals surface area contributed by atoms with E-state index in [9.17, 15) is 8.78 Å². The Morgan fingerprint density at radius 2 is 1.52 bits per heavy atom. The number of benzene rings is 3. The molecule has 0 fully saturated rings. The summed E-state index contributed by atoms with van der Waals surface area (Å²) in [6.45, 7) is 0.414. The van der Waals surface area contributed by atoms with Crippen molar-refractivity contribution in [1.29, 1.82) is 0 Å². The maximum Gasteiger partial charge on any atom is 0.132 e. The highest BCUT2D eigenvalue weighted by molar-refractivity contribution is 5.41. The SMILES string of the molecule is Fc1cccc(F)c1COc1cccc(CNNc2ccccc2)c1. The Balaban J connectivity index is 1.56. The van der Waals surface area contributed by atoms with Crippen LogP contribution in [0.3, 0.4) is 0 Å². The Kier molecular flexibility index (Phi) is 5.59. The highest BCUT2D eigenvalue weighted by Crippen LogP contribution is 2.18. The molecule has 3 nitrogen and oxygen atoms in total. The lowest BCUT2D eigenvalue weighted by Crippen LogP contribution is -2.20. The molecule has 0 heterocycles. The molecular formula is C20H18F2N2O. The topological polar surface area (TPSA) is 33.3 Å². The Morgan fingerprint density at radius 1 is 0.800 bits per heavy atom. The average Bonchev–Trinajstić information content (AvgIpc) is 2.63. The summed E-state index contributed by atoms with van der Waals surface area (Å²) < 4.78 is 32.8. The molecule has 0 aliphatic carbocycles. The van der Waals surface area contributed by atoms with Crippen molar-refractivity contribution < 1.29 is 13.5 Å². The smallest absolute Gasteiger partial charge is 0.132 e. The lowest BCUT2D eigenvalue weighted by atomic mass is 10.2. The summed E-state index contributed by atoms with van der Waals surface area (Å²) in [5.74, 6) is -0.656. The van der Waals surface area contributed by atoms with Crippen molar-refractivity contribution in [3.63, 3.8) is 0 Å². The first-order valence-electron chi connectivity index (χ1n) is 7.91. The van der Waals surface area contributed by atoms with Gasteiger partial charge < -0.3 is 10.2 Å². The van der Waals surface area contributed by atoms with Gasteiger partial charge in [0.2, 0.25) is 0 Å². The van der Waals surface area contributed by atoms with Crippen molar-refractivity contribution in [3.05, 3.63) is 95.6 Å². The van der Waals surface area contributed by atoms with Crippen molar-refractivity contribution in [2.24, 2.45) is 0 Å². The number of hydrogen-bond acceptors (Lipinski definition) is 3. The molecule has 0 aromatic heterocycles. The van der Waals surface area contributed by atoms with Crippen LogP contribution in [0, 0.1) is 11.6 Å². The van der Waals surface area contributed by atoms with Crippen LogP contribution in [0.4, 0.5) is 14.5 Å². The first kappa shape index (κ1) is 16.9. The molecule has 0 aliphatic heterocycles. The predicted molar refractivity (Wildman–Crippen MR) is 94.0 cm³/mol. The molecule has 0 amide bonds. The summed E-state index contributed by atoms with van der Waals surface area (Å²) in [7, 11) is 0. The van der Waals surface area contributed by atoms with E-state index in [2.05, 4.69) is 10.9 Å².